The predicted molar refractivity (Wildman–Crippen MR) is 149 cm³/mol. The van der Waals surface area contributed by atoms with Crippen LogP contribution in [0.5, 0.6) is 0 Å². The van der Waals surface area contributed by atoms with E-state index < -0.39 is 11.9 Å². The lowest BCUT2D eigenvalue weighted by Crippen LogP contribution is -2.54. The summed E-state index contributed by atoms with van der Waals surface area (Å²) in [6.45, 7) is 4.70. The molecule has 0 spiro atoms. The van der Waals surface area contributed by atoms with Gasteiger partial charge in [-0.3, -0.25) is 29.4 Å². The smallest absolute Gasteiger partial charge is 0.256 e. The molecular weight excluding hydrogens is 543 g/mol. The SMILES string of the molecule is O=C1CCC(N2Cc3cccc(C(=O)N4CCC(N5CCN(c6noc7cc(F)ccc67)CC5)CC4)c3C2=O)C(=O)N1. The standard InChI is InChI=1S/C30H31FN6O5/c31-19-4-5-21-24(16-19)42-33-27(21)35-14-12-34(13-15-35)20-8-10-36(11-9-20)29(40)22-3-1-2-18-17-37(30(41)26(18)22)23-6-7-25(38)32-28(23)39/h1-5,16,20,23H,6-15,17H2,(H,32,38,39). The van der Waals surface area contributed by atoms with Crippen LogP contribution in [0.4, 0.5) is 10.2 Å². The molecule has 3 saturated heterocycles. The van der Waals surface area contributed by atoms with Crippen LogP contribution in [-0.2, 0) is 16.1 Å². The van der Waals surface area contributed by atoms with Crippen molar-refractivity contribution in [2.45, 2.75) is 44.3 Å². The zero-order valence-electron chi connectivity index (χ0n) is 23.1. The number of piperidine rings is 2. The Balaban J connectivity index is 0.969. The van der Waals surface area contributed by atoms with Gasteiger partial charge in [0, 0.05) is 64.3 Å². The number of benzene rings is 2. The van der Waals surface area contributed by atoms with Crippen molar-refractivity contribution >= 4 is 40.4 Å². The third-order valence-electron chi connectivity index (χ3n) is 9.08. The summed E-state index contributed by atoms with van der Waals surface area (Å²) >= 11 is 0. The minimum Gasteiger partial charge on any atom is -0.354 e. The van der Waals surface area contributed by atoms with Crippen LogP contribution in [0.15, 0.2) is 40.9 Å². The molecule has 5 heterocycles. The molecule has 3 fully saturated rings. The number of carbonyl (C=O) groups excluding carboxylic acids is 4. The van der Waals surface area contributed by atoms with E-state index in [1.165, 1.54) is 17.0 Å². The Hall–Kier alpha value is -4.32. The van der Waals surface area contributed by atoms with E-state index >= 15 is 0 Å². The molecule has 0 saturated carbocycles. The van der Waals surface area contributed by atoms with E-state index in [1.807, 2.05) is 11.0 Å². The maximum Gasteiger partial charge on any atom is 0.256 e. The highest BCUT2D eigenvalue weighted by atomic mass is 19.1. The number of hydrogen-bond donors (Lipinski definition) is 1. The van der Waals surface area contributed by atoms with E-state index in [2.05, 4.69) is 20.3 Å². The van der Waals surface area contributed by atoms with Crippen molar-refractivity contribution in [3.05, 3.63) is 58.9 Å². The number of carbonyl (C=O) groups is 4. The predicted octanol–water partition coefficient (Wildman–Crippen LogP) is 2.15. The first-order valence-electron chi connectivity index (χ1n) is 14.5. The molecule has 1 aromatic heterocycles. The highest BCUT2D eigenvalue weighted by molar-refractivity contribution is 6.11. The molecule has 3 aromatic rings. The quantitative estimate of drug-likeness (QED) is 0.471. The Bertz CT molecular complexity index is 1590. The lowest BCUT2D eigenvalue weighted by atomic mass is 9.98. The van der Waals surface area contributed by atoms with E-state index in [0.29, 0.717) is 35.8 Å². The molecule has 42 heavy (non-hydrogen) atoms. The number of aromatic nitrogens is 1. The summed E-state index contributed by atoms with van der Waals surface area (Å²) in [7, 11) is 0. The highest BCUT2D eigenvalue weighted by Gasteiger charge is 2.41. The van der Waals surface area contributed by atoms with Gasteiger partial charge in [-0.2, -0.15) is 0 Å². The Labute approximate surface area is 241 Å². The minimum atomic E-state index is -0.715. The molecule has 1 N–H and O–H groups in total. The Morgan fingerprint density at radius 3 is 2.52 bits per heavy atom. The Morgan fingerprint density at radius 2 is 1.76 bits per heavy atom. The fourth-order valence-corrected chi connectivity index (χ4v) is 6.82. The summed E-state index contributed by atoms with van der Waals surface area (Å²) < 4.78 is 18.9. The molecule has 11 nitrogen and oxygen atoms in total. The number of amides is 4. The molecule has 218 valence electrons. The van der Waals surface area contributed by atoms with Crippen molar-refractivity contribution in [2.75, 3.05) is 44.2 Å². The van der Waals surface area contributed by atoms with Gasteiger partial charge >= 0.3 is 0 Å². The number of nitrogens with one attached hydrogen (secondary N) is 1. The van der Waals surface area contributed by atoms with Gasteiger partial charge in [-0.15, -0.1) is 0 Å². The highest BCUT2D eigenvalue weighted by Crippen LogP contribution is 2.32. The normalized spacial score (nSPS) is 22.2. The topological polar surface area (TPSA) is 119 Å². The Morgan fingerprint density at radius 1 is 0.976 bits per heavy atom. The average Bonchev–Trinajstić information content (AvgIpc) is 3.57. The number of likely N-dealkylation sites (tertiary alicyclic amines) is 1. The molecule has 1 atom stereocenters. The third-order valence-corrected chi connectivity index (χ3v) is 9.08. The van der Waals surface area contributed by atoms with Crippen molar-refractivity contribution < 1.29 is 28.1 Å². The van der Waals surface area contributed by atoms with E-state index in [0.717, 1.165) is 55.8 Å². The van der Waals surface area contributed by atoms with E-state index in [1.54, 1.807) is 18.2 Å². The summed E-state index contributed by atoms with van der Waals surface area (Å²) in [6.07, 6.45) is 2.14. The average molecular weight is 575 g/mol. The summed E-state index contributed by atoms with van der Waals surface area (Å²) in [5.74, 6) is -0.899. The third kappa shape index (κ3) is 4.59. The van der Waals surface area contributed by atoms with Gasteiger partial charge in [-0.1, -0.05) is 17.3 Å². The van der Waals surface area contributed by atoms with Gasteiger partial charge in [0.15, 0.2) is 11.4 Å². The van der Waals surface area contributed by atoms with Crippen molar-refractivity contribution in [1.82, 2.24) is 25.2 Å². The van der Waals surface area contributed by atoms with Crippen molar-refractivity contribution in [2.24, 2.45) is 0 Å². The minimum absolute atomic E-state index is 0.164. The molecule has 2 aromatic carbocycles. The monoisotopic (exact) mass is 574 g/mol. The van der Waals surface area contributed by atoms with Crippen LogP contribution in [0.25, 0.3) is 11.0 Å². The largest absolute Gasteiger partial charge is 0.354 e. The molecular formula is C30H31FN6O5. The van der Waals surface area contributed by atoms with Gasteiger partial charge in [0.2, 0.25) is 11.8 Å². The van der Waals surface area contributed by atoms with Crippen molar-refractivity contribution in [3.8, 4) is 0 Å². The van der Waals surface area contributed by atoms with Crippen molar-refractivity contribution in [3.63, 3.8) is 0 Å². The number of nitrogens with zero attached hydrogens (tertiary/aromatic N) is 5. The van der Waals surface area contributed by atoms with Gasteiger partial charge in [-0.25, -0.2) is 4.39 Å². The maximum absolute atomic E-state index is 13.7. The van der Waals surface area contributed by atoms with Crippen LogP contribution in [0.3, 0.4) is 0 Å². The molecule has 4 aliphatic rings. The second kappa shape index (κ2) is 10.5. The number of halogens is 1. The van der Waals surface area contributed by atoms with Gasteiger partial charge in [0.25, 0.3) is 11.8 Å². The first-order chi connectivity index (χ1) is 20.4. The molecule has 4 amide bonds. The molecule has 12 heteroatoms. The van der Waals surface area contributed by atoms with Crippen LogP contribution in [0, 0.1) is 5.82 Å². The van der Waals surface area contributed by atoms with Crippen LogP contribution >= 0.6 is 0 Å². The maximum atomic E-state index is 13.7. The number of fused-ring (bicyclic) bond motifs is 2. The fourth-order valence-electron chi connectivity index (χ4n) is 6.82. The molecule has 1 unspecified atom stereocenters. The lowest BCUT2D eigenvalue weighted by Gasteiger charge is -2.42. The van der Waals surface area contributed by atoms with E-state index in [-0.39, 0.29) is 42.9 Å². The molecule has 0 aliphatic carbocycles. The first-order valence-corrected chi connectivity index (χ1v) is 14.5. The summed E-state index contributed by atoms with van der Waals surface area (Å²) in [5.41, 5.74) is 1.92. The van der Waals surface area contributed by atoms with Crippen LogP contribution < -0.4 is 10.2 Å². The van der Waals surface area contributed by atoms with E-state index in [4.69, 9.17) is 4.52 Å². The molecule has 7 rings (SSSR count). The van der Waals surface area contributed by atoms with Crippen LogP contribution in [0.2, 0.25) is 0 Å². The Kier molecular flexibility index (Phi) is 6.64. The second-order valence-electron chi connectivity index (χ2n) is 11.4. The summed E-state index contributed by atoms with van der Waals surface area (Å²) in [6, 6.07) is 9.42. The number of piperazine rings is 1. The summed E-state index contributed by atoms with van der Waals surface area (Å²) in [5, 5.41) is 7.31. The van der Waals surface area contributed by atoms with Crippen LogP contribution in [0.1, 0.15) is 52.0 Å². The number of imide groups is 1. The first kappa shape index (κ1) is 26.6. The lowest BCUT2D eigenvalue weighted by molar-refractivity contribution is -0.136. The summed E-state index contributed by atoms with van der Waals surface area (Å²) in [4.78, 5) is 59.0. The molecule has 4 aliphatic heterocycles. The zero-order valence-corrected chi connectivity index (χ0v) is 23.1. The second-order valence-corrected chi connectivity index (χ2v) is 11.4. The fraction of sp³-hybridized carbons (Fsp3) is 0.433. The molecule has 0 bridgehead atoms. The van der Waals surface area contributed by atoms with Gasteiger partial charge in [-0.05, 0) is 43.0 Å². The number of rotatable bonds is 4. The van der Waals surface area contributed by atoms with Gasteiger partial charge in [0.05, 0.1) is 16.5 Å². The van der Waals surface area contributed by atoms with E-state index in [9.17, 15) is 23.6 Å². The van der Waals surface area contributed by atoms with Gasteiger partial charge < -0.3 is 19.2 Å². The zero-order chi connectivity index (χ0) is 29.0. The van der Waals surface area contributed by atoms with Crippen LogP contribution in [-0.4, -0.2) is 94.8 Å². The molecule has 0 radical (unpaired) electrons. The number of hydrogen-bond acceptors (Lipinski definition) is 8. The van der Waals surface area contributed by atoms with Crippen molar-refractivity contribution in [1.29, 1.82) is 0 Å². The van der Waals surface area contributed by atoms with Gasteiger partial charge in [0.1, 0.15) is 11.9 Å². The number of anilines is 1.